The molecule has 0 aliphatic carbocycles. The maximum absolute atomic E-state index is 10.9. The predicted octanol–water partition coefficient (Wildman–Crippen LogP) is 1.65. The normalized spacial score (nSPS) is 14.8. The Morgan fingerprint density at radius 1 is 1.18 bits per heavy atom. The first-order chi connectivity index (χ1) is 5.34. The van der Waals surface area contributed by atoms with Gasteiger partial charge in [0.15, 0.2) is 0 Å². The van der Waals surface area contributed by atoms with Crippen LogP contribution in [0.5, 0.6) is 0 Å². The van der Waals surface area contributed by atoms with Crippen molar-refractivity contribution in [1.82, 2.24) is 4.90 Å². The molecule has 11 heavy (non-hydrogen) atoms. The van der Waals surface area contributed by atoms with Crippen molar-refractivity contribution in [1.29, 1.82) is 0 Å². The van der Waals surface area contributed by atoms with E-state index in [0.717, 1.165) is 0 Å². The molecule has 1 heterocycles. The Hall–Kier alpha value is -1.51. The highest BCUT2D eigenvalue weighted by molar-refractivity contribution is 5.70. The van der Waals surface area contributed by atoms with Crippen LogP contribution in [-0.4, -0.2) is 18.1 Å². The molecule has 0 radical (unpaired) electrons. The SMILES string of the molecule is COC(=O)N1C=CC=CC=C1. The molecule has 0 aromatic heterocycles. The summed E-state index contributed by atoms with van der Waals surface area (Å²) in [5.41, 5.74) is 0. The standard InChI is InChI=1S/C8H9NO2/c1-11-8(10)9-6-4-2-3-5-7-9/h2-7H,1H3. The molecule has 0 unspecified atom stereocenters. The molecule has 0 saturated carbocycles. The van der Waals surface area contributed by atoms with Crippen molar-refractivity contribution >= 4 is 6.09 Å². The van der Waals surface area contributed by atoms with Gasteiger partial charge < -0.3 is 4.74 Å². The van der Waals surface area contributed by atoms with Crippen LogP contribution in [0.1, 0.15) is 0 Å². The first-order valence-corrected chi connectivity index (χ1v) is 3.22. The number of hydrogen-bond donors (Lipinski definition) is 0. The molecule has 58 valence electrons. The lowest BCUT2D eigenvalue weighted by molar-refractivity contribution is 0.152. The van der Waals surface area contributed by atoms with Crippen LogP contribution in [0.2, 0.25) is 0 Å². The van der Waals surface area contributed by atoms with Crippen LogP contribution < -0.4 is 0 Å². The van der Waals surface area contributed by atoms with Crippen molar-refractivity contribution in [2.24, 2.45) is 0 Å². The van der Waals surface area contributed by atoms with E-state index in [1.807, 2.05) is 12.2 Å². The molecule has 1 aliphatic rings. The molecule has 0 bridgehead atoms. The molecular weight excluding hydrogens is 142 g/mol. The second kappa shape index (κ2) is 3.61. The van der Waals surface area contributed by atoms with Gasteiger partial charge in [-0.15, -0.1) is 0 Å². The first kappa shape index (κ1) is 7.60. The third-order valence-corrected chi connectivity index (χ3v) is 1.21. The Labute approximate surface area is 65.3 Å². The molecule has 0 N–H and O–H groups in total. The van der Waals surface area contributed by atoms with Crippen LogP contribution in [0.15, 0.2) is 36.7 Å². The van der Waals surface area contributed by atoms with Crippen LogP contribution in [0.4, 0.5) is 4.79 Å². The van der Waals surface area contributed by atoms with Crippen LogP contribution in [0.3, 0.4) is 0 Å². The van der Waals surface area contributed by atoms with Gasteiger partial charge in [-0.2, -0.15) is 0 Å². The molecule has 0 fully saturated rings. The minimum atomic E-state index is -0.388. The largest absolute Gasteiger partial charge is 0.452 e. The predicted molar refractivity (Wildman–Crippen MR) is 41.7 cm³/mol. The monoisotopic (exact) mass is 151 g/mol. The fraction of sp³-hybridized carbons (Fsp3) is 0.125. The van der Waals surface area contributed by atoms with Crippen LogP contribution in [0, 0.1) is 0 Å². The average Bonchev–Trinajstić information content (AvgIpc) is 2.30. The van der Waals surface area contributed by atoms with Gasteiger partial charge in [-0.05, 0) is 12.2 Å². The molecule has 0 saturated heterocycles. The Kier molecular flexibility index (Phi) is 2.49. The summed E-state index contributed by atoms with van der Waals surface area (Å²) >= 11 is 0. The maximum Gasteiger partial charge on any atom is 0.417 e. The molecular formula is C8H9NO2. The third-order valence-electron chi connectivity index (χ3n) is 1.21. The van der Waals surface area contributed by atoms with E-state index < -0.39 is 0 Å². The summed E-state index contributed by atoms with van der Waals surface area (Å²) in [5, 5.41) is 0. The van der Waals surface area contributed by atoms with Crippen molar-refractivity contribution in [3.8, 4) is 0 Å². The minimum absolute atomic E-state index is 0.388. The molecule has 0 atom stereocenters. The second-order valence-electron chi connectivity index (χ2n) is 1.95. The zero-order valence-corrected chi connectivity index (χ0v) is 6.23. The zero-order chi connectivity index (χ0) is 8.10. The Balaban J connectivity index is 2.67. The van der Waals surface area contributed by atoms with E-state index in [4.69, 9.17) is 0 Å². The lowest BCUT2D eigenvalue weighted by atomic mass is 10.5. The summed E-state index contributed by atoms with van der Waals surface area (Å²) in [7, 11) is 1.35. The summed E-state index contributed by atoms with van der Waals surface area (Å²) in [6.45, 7) is 0. The van der Waals surface area contributed by atoms with Gasteiger partial charge in [0.1, 0.15) is 0 Å². The van der Waals surface area contributed by atoms with Crippen molar-refractivity contribution < 1.29 is 9.53 Å². The molecule has 1 rings (SSSR count). The Bertz CT molecular complexity index is 212. The fourth-order valence-electron chi connectivity index (χ4n) is 0.690. The number of ether oxygens (including phenoxy) is 1. The number of methoxy groups -OCH3 is 1. The third kappa shape index (κ3) is 1.97. The van der Waals surface area contributed by atoms with Crippen molar-refractivity contribution in [3.63, 3.8) is 0 Å². The Morgan fingerprint density at radius 2 is 1.73 bits per heavy atom. The number of carbonyl (C=O) groups is 1. The summed E-state index contributed by atoms with van der Waals surface area (Å²) in [5.74, 6) is 0. The highest BCUT2D eigenvalue weighted by Crippen LogP contribution is 1.99. The molecule has 1 amide bonds. The van der Waals surface area contributed by atoms with Crippen LogP contribution >= 0.6 is 0 Å². The van der Waals surface area contributed by atoms with Gasteiger partial charge in [0.2, 0.25) is 0 Å². The van der Waals surface area contributed by atoms with Crippen molar-refractivity contribution in [2.45, 2.75) is 0 Å². The quantitative estimate of drug-likeness (QED) is 0.526. The summed E-state index contributed by atoms with van der Waals surface area (Å²) in [6.07, 6.45) is 10.1. The number of hydrogen-bond acceptors (Lipinski definition) is 2. The zero-order valence-electron chi connectivity index (χ0n) is 6.23. The smallest absolute Gasteiger partial charge is 0.417 e. The topological polar surface area (TPSA) is 29.5 Å². The van der Waals surface area contributed by atoms with E-state index in [-0.39, 0.29) is 6.09 Å². The fourth-order valence-corrected chi connectivity index (χ4v) is 0.690. The van der Waals surface area contributed by atoms with E-state index in [2.05, 4.69) is 4.74 Å². The van der Waals surface area contributed by atoms with Gasteiger partial charge >= 0.3 is 6.09 Å². The van der Waals surface area contributed by atoms with E-state index in [9.17, 15) is 4.79 Å². The van der Waals surface area contributed by atoms with Gasteiger partial charge in [-0.1, -0.05) is 12.2 Å². The number of carbonyl (C=O) groups excluding carboxylic acids is 1. The average molecular weight is 151 g/mol. The number of nitrogens with zero attached hydrogens (tertiary/aromatic N) is 1. The van der Waals surface area contributed by atoms with Gasteiger partial charge in [0, 0.05) is 12.4 Å². The maximum atomic E-state index is 10.9. The lowest BCUT2D eigenvalue weighted by Gasteiger charge is -2.09. The molecule has 3 heteroatoms. The summed E-state index contributed by atoms with van der Waals surface area (Å²) in [4.78, 5) is 12.3. The van der Waals surface area contributed by atoms with Gasteiger partial charge in [0.25, 0.3) is 0 Å². The van der Waals surface area contributed by atoms with Crippen molar-refractivity contribution in [2.75, 3.05) is 7.11 Å². The molecule has 0 spiro atoms. The van der Waals surface area contributed by atoms with E-state index >= 15 is 0 Å². The molecule has 3 nitrogen and oxygen atoms in total. The van der Waals surface area contributed by atoms with E-state index in [1.165, 1.54) is 12.0 Å². The lowest BCUT2D eigenvalue weighted by Crippen LogP contribution is -2.18. The van der Waals surface area contributed by atoms with Gasteiger partial charge in [0.05, 0.1) is 7.11 Å². The van der Waals surface area contributed by atoms with Crippen LogP contribution in [-0.2, 0) is 4.74 Å². The number of rotatable bonds is 0. The minimum Gasteiger partial charge on any atom is -0.452 e. The second-order valence-corrected chi connectivity index (χ2v) is 1.95. The van der Waals surface area contributed by atoms with Gasteiger partial charge in [-0.3, -0.25) is 4.90 Å². The van der Waals surface area contributed by atoms with Crippen LogP contribution in [0.25, 0.3) is 0 Å². The Morgan fingerprint density at radius 3 is 2.18 bits per heavy atom. The molecule has 1 aliphatic heterocycles. The number of amides is 1. The molecule has 0 aromatic rings. The van der Waals surface area contributed by atoms with Crippen molar-refractivity contribution in [3.05, 3.63) is 36.7 Å². The highest BCUT2D eigenvalue weighted by atomic mass is 16.5. The van der Waals surface area contributed by atoms with E-state index in [1.54, 1.807) is 24.6 Å². The number of allylic oxidation sites excluding steroid dienone is 4. The first-order valence-electron chi connectivity index (χ1n) is 3.22. The summed E-state index contributed by atoms with van der Waals surface area (Å²) in [6, 6.07) is 0. The summed E-state index contributed by atoms with van der Waals surface area (Å²) < 4.78 is 4.50. The van der Waals surface area contributed by atoms with Gasteiger partial charge in [-0.25, -0.2) is 4.79 Å². The highest BCUT2D eigenvalue weighted by Gasteiger charge is 2.05. The molecule has 0 aromatic carbocycles. The van der Waals surface area contributed by atoms with E-state index in [0.29, 0.717) is 0 Å².